The smallest absolute Gasteiger partial charge is 0.0962 e. The van der Waals surface area contributed by atoms with E-state index in [-0.39, 0.29) is 6.61 Å². The molecule has 1 aliphatic rings. The summed E-state index contributed by atoms with van der Waals surface area (Å²) in [4.78, 5) is 5.50. The lowest BCUT2D eigenvalue weighted by Gasteiger charge is -2.22. The Balaban J connectivity index is 2.21. The summed E-state index contributed by atoms with van der Waals surface area (Å²) < 4.78 is 0. The molecule has 1 N–H and O–H groups in total. The maximum Gasteiger partial charge on any atom is 0.0962 e. The minimum absolute atomic E-state index is 0.149. The maximum atomic E-state index is 8.97. The van der Waals surface area contributed by atoms with Gasteiger partial charge in [0.2, 0.25) is 0 Å². The van der Waals surface area contributed by atoms with Crippen LogP contribution >= 0.6 is 11.3 Å². The lowest BCUT2D eigenvalue weighted by Crippen LogP contribution is -2.07. The van der Waals surface area contributed by atoms with Crippen molar-refractivity contribution < 1.29 is 5.11 Å². The molecule has 2 rings (SSSR count). The van der Waals surface area contributed by atoms with Crippen LogP contribution in [-0.4, -0.2) is 10.1 Å². The Hall–Kier alpha value is -0.410. The second-order valence-electron chi connectivity index (χ2n) is 3.35. The van der Waals surface area contributed by atoms with Crippen LogP contribution in [0.1, 0.15) is 40.8 Å². The molecule has 1 saturated carbocycles. The van der Waals surface area contributed by atoms with Crippen LogP contribution in [-0.2, 0) is 6.61 Å². The molecule has 0 atom stereocenters. The van der Waals surface area contributed by atoms with Crippen molar-refractivity contribution in [3.8, 4) is 0 Å². The highest BCUT2D eigenvalue weighted by Gasteiger charge is 2.23. The molecule has 0 amide bonds. The average Bonchev–Trinajstić information content (AvgIpc) is 2.27. The van der Waals surface area contributed by atoms with Gasteiger partial charge in [-0.05, 0) is 19.8 Å². The third-order valence-corrected chi connectivity index (χ3v) is 3.81. The first-order chi connectivity index (χ1) is 5.81. The van der Waals surface area contributed by atoms with E-state index in [1.165, 1.54) is 24.3 Å². The van der Waals surface area contributed by atoms with Gasteiger partial charge < -0.3 is 5.11 Å². The molecule has 2 nitrogen and oxygen atoms in total. The second kappa shape index (κ2) is 3.15. The van der Waals surface area contributed by atoms with Crippen LogP contribution in [0.4, 0.5) is 0 Å². The highest BCUT2D eigenvalue weighted by molar-refractivity contribution is 7.11. The second-order valence-corrected chi connectivity index (χ2v) is 4.46. The Morgan fingerprint density at radius 1 is 1.58 bits per heavy atom. The number of hydrogen-bond acceptors (Lipinski definition) is 3. The summed E-state index contributed by atoms with van der Waals surface area (Å²) in [5.74, 6) is 0.703. The van der Waals surface area contributed by atoms with Crippen LogP contribution in [0.25, 0.3) is 0 Å². The number of aliphatic hydroxyl groups excluding tert-OH is 1. The molecular weight excluding hydrogens is 170 g/mol. The largest absolute Gasteiger partial charge is 0.391 e. The minimum atomic E-state index is 0.149. The fourth-order valence-electron chi connectivity index (χ4n) is 1.43. The molecule has 1 aliphatic carbocycles. The van der Waals surface area contributed by atoms with E-state index in [0.717, 1.165) is 10.6 Å². The normalized spacial score (nSPS) is 17.8. The molecular formula is C9H13NOS. The summed E-state index contributed by atoms with van der Waals surface area (Å²) in [5.41, 5.74) is 1.02. The minimum Gasteiger partial charge on any atom is -0.391 e. The van der Waals surface area contributed by atoms with Crippen LogP contribution in [0.2, 0.25) is 0 Å². The summed E-state index contributed by atoms with van der Waals surface area (Å²) in [6, 6.07) is 0. The van der Waals surface area contributed by atoms with Gasteiger partial charge in [-0.1, -0.05) is 6.42 Å². The molecule has 0 radical (unpaired) electrons. The van der Waals surface area contributed by atoms with Crippen molar-refractivity contribution in [1.29, 1.82) is 0 Å². The van der Waals surface area contributed by atoms with Gasteiger partial charge in [0.25, 0.3) is 0 Å². The summed E-state index contributed by atoms with van der Waals surface area (Å²) in [6.45, 7) is 2.13. The van der Waals surface area contributed by atoms with Gasteiger partial charge in [0, 0.05) is 5.92 Å². The SMILES string of the molecule is Cc1nc(C2CCC2)sc1CO. The zero-order valence-corrected chi connectivity index (χ0v) is 8.02. The molecule has 1 fully saturated rings. The van der Waals surface area contributed by atoms with E-state index in [0.29, 0.717) is 5.92 Å². The van der Waals surface area contributed by atoms with Crippen molar-refractivity contribution in [3.05, 3.63) is 15.6 Å². The number of aromatic nitrogens is 1. The average molecular weight is 183 g/mol. The van der Waals surface area contributed by atoms with E-state index in [1.807, 2.05) is 6.92 Å². The van der Waals surface area contributed by atoms with Crippen LogP contribution in [0.15, 0.2) is 0 Å². The van der Waals surface area contributed by atoms with Crippen LogP contribution in [0.5, 0.6) is 0 Å². The first kappa shape index (κ1) is 8.20. The van der Waals surface area contributed by atoms with Gasteiger partial charge in [-0.25, -0.2) is 4.98 Å². The number of aryl methyl sites for hydroxylation is 1. The standard InChI is InChI=1S/C9H13NOS/c1-6-8(5-11)12-9(10-6)7-3-2-4-7/h7,11H,2-5H2,1H3. The summed E-state index contributed by atoms with van der Waals surface area (Å²) >= 11 is 1.68. The molecule has 3 heteroatoms. The molecule has 0 aliphatic heterocycles. The van der Waals surface area contributed by atoms with Gasteiger partial charge >= 0.3 is 0 Å². The van der Waals surface area contributed by atoms with E-state index in [9.17, 15) is 0 Å². The number of rotatable bonds is 2. The van der Waals surface area contributed by atoms with Gasteiger partial charge in [0.15, 0.2) is 0 Å². The first-order valence-electron chi connectivity index (χ1n) is 4.38. The van der Waals surface area contributed by atoms with Crippen molar-refractivity contribution in [1.82, 2.24) is 4.98 Å². The fourth-order valence-corrected chi connectivity index (χ4v) is 2.52. The summed E-state index contributed by atoms with van der Waals surface area (Å²) in [5, 5.41) is 10.2. The zero-order valence-electron chi connectivity index (χ0n) is 7.21. The molecule has 66 valence electrons. The summed E-state index contributed by atoms with van der Waals surface area (Å²) in [6.07, 6.45) is 3.92. The molecule has 1 heterocycles. The van der Waals surface area contributed by atoms with E-state index in [4.69, 9.17) is 5.11 Å². The fraction of sp³-hybridized carbons (Fsp3) is 0.667. The Morgan fingerprint density at radius 2 is 2.33 bits per heavy atom. The van der Waals surface area contributed by atoms with Crippen molar-refractivity contribution in [3.63, 3.8) is 0 Å². The summed E-state index contributed by atoms with van der Waals surface area (Å²) in [7, 11) is 0. The first-order valence-corrected chi connectivity index (χ1v) is 5.20. The topological polar surface area (TPSA) is 33.1 Å². The van der Waals surface area contributed by atoms with E-state index in [1.54, 1.807) is 11.3 Å². The van der Waals surface area contributed by atoms with Crippen molar-refractivity contribution in [2.75, 3.05) is 0 Å². The molecule has 1 aromatic heterocycles. The van der Waals surface area contributed by atoms with Crippen molar-refractivity contribution in [2.24, 2.45) is 0 Å². The predicted molar refractivity (Wildman–Crippen MR) is 49.4 cm³/mol. The molecule has 0 unspecified atom stereocenters. The van der Waals surface area contributed by atoms with Crippen LogP contribution in [0.3, 0.4) is 0 Å². The molecule has 1 aromatic rings. The predicted octanol–water partition coefficient (Wildman–Crippen LogP) is 2.21. The van der Waals surface area contributed by atoms with E-state index in [2.05, 4.69) is 4.98 Å². The van der Waals surface area contributed by atoms with Crippen LogP contribution < -0.4 is 0 Å². The number of nitrogens with zero attached hydrogens (tertiary/aromatic N) is 1. The lowest BCUT2D eigenvalue weighted by atomic mass is 9.86. The maximum absolute atomic E-state index is 8.97. The van der Waals surface area contributed by atoms with Gasteiger partial charge in [-0.15, -0.1) is 11.3 Å². The van der Waals surface area contributed by atoms with Gasteiger partial charge in [0.1, 0.15) is 0 Å². The molecule has 0 spiro atoms. The Labute approximate surface area is 76.3 Å². The molecule has 0 aromatic carbocycles. The Bertz CT molecular complexity index is 278. The third-order valence-electron chi connectivity index (χ3n) is 2.51. The van der Waals surface area contributed by atoms with E-state index < -0.39 is 0 Å². The number of aliphatic hydroxyl groups is 1. The third kappa shape index (κ3) is 1.27. The van der Waals surface area contributed by atoms with Gasteiger partial charge in [-0.3, -0.25) is 0 Å². The highest BCUT2D eigenvalue weighted by Crippen LogP contribution is 2.38. The molecule has 0 saturated heterocycles. The molecule has 0 bridgehead atoms. The van der Waals surface area contributed by atoms with Gasteiger partial charge in [0.05, 0.1) is 22.2 Å². The number of thiazole rings is 1. The highest BCUT2D eigenvalue weighted by atomic mass is 32.1. The zero-order chi connectivity index (χ0) is 8.55. The quantitative estimate of drug-likeness (QED) is 0.762. The molecule has 12 heavy (non-hydrogen) atoms. The lowest BCUT2D eigenvalue weighted by molar-refractivity contribution is 0.284. The Morgan fingerprint density at radius 3 is 2.75 bits per heavy atom. The number of hydrogen-bond donors (Lipinski definition) is 1. The van der Waals surface area contributed by atoms with E-state index >= 15 is 0 Å². The van der Waals surface area contributed by atoms with Crippen LogP contribution in [0, 0.1) is 6.92 Å². The van der Waals surface area contributed by atoms with Crippen molar-refractivity contribution >= 4 is 11.3 Å². The monoisotopic (exact) mass is 183 g/mol. The Kier molecular flexibility index (Phi) is 2.15. The van der Waals surface area contributed by atoms with Gasteiger partial charge in [-0.2, -0.15) is 0 Å². The van der Waals surface area contributed by atoms with Crippen molar-refractivity contribution in [2.45, 2.75) is 38.7 Å².